The van der Waals surface area contributed by atoms with Crippen LogP contribution < -0.4 is 4.74 Å². The van der Waals surface area contributed by atoms with Crippen molar-refractivity contribution >= 4 is 21.6 Å². The molecular weight excluding hydrogens is 348 g/mol. The summed E-state index contributed by atoms with van der Waals surface area (Å²) in [5.74, 6) is 0.618. The summed E-state index contributed by atoms with van der Waals surface area (Å²) in [6, 6.07) is 7.48. The molecule has 1 unspecified atom stereocenters. The molecule has 0 aromatic carbocycles. The Bertz CT molecular complexity index is 816. The van der Waals surface area contributed by atoms with Crippen molar-refractivity contribution in [3.63, 3.8) is 0 Å². The van der Waals surface area contributed by atoms with Crippen LogP contribution in [-0.4, -0.2) is 37.9 Å². The lowest BCUT2D eigenvalue weighted by Crippen LogP contribution is -2.10. The topological polar surface area (TPSA) is 72.5 Å². The van der Waals surface area contributed by atoms with Gasteiger partial charge in [-0.05, 0) is 35.0 Å². The van der Waals surface area contributed by atoms with Gasteiger partial charge in [0, 0.05) is 12.5 Å². The van der Waals surface area contributed by atoms with Gasteiger partial charge in [-0.3, -0.25) is 0 Å². The first-order valence-electron chi connectivity index (χ1n) is 6.81. The van der Waals surface area contributed by atoms with Crippen molar-refractivity contribution in [3.8, 4) is 17.1 Å². The summed E-state index contributed by atoms with van der Waals surface area (Å²) in [5, 5.41) is 14.2. The van der Waals surface area contributed by atoms with Crippen LogP contribution in [0.4, 0.5) is 0 Å². The number of methoxy groups -OCH3 is 1. The highest BCUT2D eigenvalue weighted by molar-refractivity contribution is 9.10. The van der Waals surface area contributed by atoms with Gasteiger partial charge in [-0.1, -0.05) is 6.07 Å². The van der Waals surface area contributed by atoms with Crippen LogP contribution in [0.2, 0.25) is 0 Å². The predicted molar refractivity (Wildman–Crippen MR) is 85.9 cm³/mol. The molecule has 0 radical (unpaired) electrons. The molecule has 3 aromatic rings. The highest BCUT2D eigenvalue weighted by Crippen LogP contribution is 2.24. The Morgan fingerprint density at radius 1 is 1.41 bits per heavy atom. The smallest absolute Gasteiger partial charge is 0.157 e. The molecule has 0 bridgehead atoms. The number of hydrogen-bond donors (Lipinski definition) is 1. The third-order valence-corrected chi connectivity index (χ3v) is 3.66. The van der Waals surface area contributed by atoms with Crippen molar-refractivity contribution in [3.05, 3.63) is 40.8 Å². The third-order valence-electron chi connectivity index (χ3n) is 3.22. The maximum absolute atomic E-state index is 9.63. The minimum absolute atomic E-state index is 0.405. The number of imidazole rings is 1. The second-order valence-corrected chi connectivity index (χ2v) is 5.78. The number of nitrogens with zero attached hydrogens (tertiary/aromatic N) is 4. The van der Waals surface area contributed by atoms with E-state index in [9.17, 15) is 5.11 Å². The van der Waals surface area contributed by atoms with Crippen LogP contribution in [0.3, 0.4) is 0 Å². The zero-order valence-electron chi connectivity index (χ0n) is 12.2. The molecule has 6 nitrogen and oxygen atoms in total. The molecule has 0 spiro atoms. The predicted octanol–water partition coefficient (Wildman–Crippen LogP) is 2.49. The Kier molecular flexibility index (Phi) is 4.08. The van der Waals surface area contributed by atoms with Crippen LogP contribution in [-0.2, 0) is 6.42 Å². The monoisotopic (exact) mass is 362 g/mol. The maximum atomic E-state index is 9.63. The van der Waals surface area contributed by atoms with Gasteiger partial charge in [0.2, 0.25) is 0 Å². The quantitative estimate of drug-likeness (QED) is 0.721. The fourth-order valence-electron chi connectivity index (χ4n) is 2.26. The zero-order valence-corrected chi connectivity index (χ0v) is 13.8. The van der Waals surface area contributed by atoms with Gasteiger partial charge in [-0.25, -0.2) is 14.5 Å². The fraction of sp³-hybridized carbons (Fsp3) is 0.267. The van der Waals surface area contributed by atoms with Crippen molar-refractivity contribution in [1.29, 1.82) is 0 Å². The van der Waals surface area contributed by atoms with E-state index in [-0.39, 0.29) is 0 Å². The van der Waals surface area contributed by atoms with Gasteiger partial charge in [0.05, 0.1) is 25.1 Å². The summed E-state index contributed by atoms with van der Waals surface area (Å²) < 4.78 is 7.80. The lowest BCUT2D eigenvalue weighted by molar-refractivity contribution is 0.192. The van der Waals surface area contributed by atoms with Crippen LogP contribution in [0.1, 0.15) is 12.6 Å². The minimum atomic E-state index is -0.505. The van der Waals surface area contributed by atoms with Crippen LogP contribution in [0, 0.1) is 0 Å². The van der Waals surface area contributed by atoms with Crippen LogP contribution >= 0.6 is 15.9 Å². The summed E-state index contributed by atoms with van der Waals surface area (Å²) in [6.07, 6.45) is 1.63. The normalized spacial score (nSPS) is 12.5. The highest BCUT2D eigenvalue weighted by Gasteiger charge is 2.15. The van der Waals surface area contributed by atoms with E-state index in [1.54, 1.807) is 24.7 Å². The Labute approximate surface area is 135 Å². The molecular formula is C15H15BrN4O2. The molecule has 0 fully saturated rings. The Morgan fingerprint density at radius 3 is 2.91 bits per heavy atom. The SMILES string of the molecule is COc1cc2ncc(-c3cccc(Br)n3)n2nc1CC(C)O. The van der Waals surface area contributed by atoms with Crippen molar-refractivity contribution in [1.82, 2.24) is 19.6 Å². The van der Waals surface area contributed by atoms with Crippen LogP contribution in [0.15, 0.2) is 35.1 Å². The molecule has 22 heavy (non-hydrogen) atoms. The number of halogens is 1. The molecule has 7 heteroatoms. The zero-order chi connectivity index (χ0) is 15.7. The van der Waals surface area contributed by atoms with Crippen molar-refractivity contribution in [2.24, 2.45) is 0 Å². The molecule has 0 aliphatic carbocycles. The van der Waals surface area contributed by atoms with Crippen LogP contribution in [0.25, 0.3) is 17.0 Å². The number of pyridine rings is 1. The van der Waals surface area contributed by atoms with E-state index in [0.29, 0.717) is 23.5 Å². The average Bonchev–Trinajstić information content (AvgIpc) is 2.88. The lowest BCUT2D eigenvalue weighted by Gasteiger charge is -2.10. The minimum Gasteiger partial charge on any atom is -0.495 e. The standard InChI is InChI=1S/C15H15BrN4O2/c1-9(21)6-11-13(22-2)7-15-17-8-12(20(15)19-11)10-4-3-5-14(16)18-10/h3-5,7-9,21H,6H2,1-2H3. The van der Waals surface area contributed by atoms with Crippen molar-refractivity contribution in [2.45, 2.75) is 19.4 Å². The fourth-order valence-corrected chi connectivity index (χ4v) is 2.60. The van der Waals surface area contributed by atoms with E-state index in [2.05, 4.69) is 31.0 Å². The Balaban J connectivity index is 2.17. The molecule has 3 rings (SSSR count). The first-order chi connectivity index (χ1) is 10.6. The summed E-state index contributed by atoms with van der Waals surface area (Å²) >= 11 is 3.37. The molecule has 3 aromatic heterocycles. The van der Waals surface area contributed by atoms with Gasteiger partial charge >= 0.3 is 0 Å². The van der Waals surface area contributed by atoms with Gasteiger partial charge in [-0.2, -0.15) is 5.10 Å². The van der Waals surface area contributed by atoms with Gasteiger partial charge in [0.15, 0.2) is 5.65 Å². The van der Waals surface area contributed by atoms with Crippen LogP contribution in [0.5, 0.6) is 5.75 Å². The Morgan fingerprint density at radius 2 is 2.23 bits per heavy atom. The van der Waals surface area contributed by atoms with Gasteiger partial charge in [0.1, 0.15) is 21.7 Å². The molecule has 0 amide bonds. The van der Waals surface area contributed by atoms with E-state index >= 15 is 0 Å². The molecule has 1 atom stereocenters. The number of rotatable bonds is 4. The summed E-state index contributed by atoms with van der Waals surface area (Å²) in [4.78, 5) is 8.79. The van der Waals surface area contributed by atoms with Gasteiger partial charge in [-0.15, -0.1) is 0 Å². The number of aromatic nitrogens is 4. The Hall–Kier alpha value is -1.99. The van der Waals surface area contributed by atoms with E-state index in [1.807, 2.05) is 24.3 Å². The molecule has 114 valence electrons. The number of ether oxygens (including phenoxy) is 1. The summed E-state index contributed by atoms with van der Waals surface area (Å²) in [6.45, 7) is 1.72. The molecule has 0 saturated carbocycles. The second kappa shape index (κ2) is 6.02. The molecule has 0 aliphatic rings. The summed E-state index contributed by atoms with van der Waals surface area (Å²) in [5.41, 5.74) is 2.90. The highest BCUT2D eigenvalue weighted by atomic mass is 79.9. The maximum Gasteiger partial charge on any atom is 0.157 e. The van der Waals surface area contributed by atoms with E-state index in [4.69, 9.17) is 4.74 Å². The number of fused-ring (bicyclic) bond motifs is 1. The van der Waals surface area contributed by atoms with Gasteiger partial charge < -0.3 is 9.84 Å². The molecule has 0 aliphatic heterocycles. The first kappa shape index (κ1) is 14.9. The van der Waals surface area contributed by atoms with Crippen molar-refractivity contribution in [2.75, 3.05) is 7.11 Å². The van der Waals surface area contributed by atoms with E-state index in [1.165, 1.54) is 0 Å². The molecule has 3 heterocycles. The number of aliphatic hydroxyl groups is 1. The number of hydrogen-bond acceptors (Lipinski definition) is 5. The third kappa shape index (κ3) is 2.82. The average molecular weight is 363 g/mol. The van der Waals surface area contributed by atoms with Crippen molar-refractivity contribution < 1.29 is 9.84 Å². The van der Waals surface area contributed by atoms with Gasteiger partial charge in [0.25, 0.3) is 0 Å². The summed E-state index contributed by atoms with van der Waals surface area (Å²) in [7, 11) is 1.58. The lowest BCUT2D eigenvalue weighted by atomic mass is 10.2. The first-order valence-corrected chi connectivity index (χ1v) is 7.60. The largest absolute Gasteiger partial charge is 0.495 e. The molecule has 0 saturated heterocycles. The van der Waals surface area contributed by atoms with E-state index in [0.717, 1.165) is 16.0 Å². The number of aliphatic hydroxyl groups excluding tert-OH is 1. The molecule has 1 N–H and O–H groups in total. The van der Waals surface area contributed by atoms with E-state index < -0.39 is 6.10 Å². The second-order valence-electron chi connectivity index (χ2n) is 4.97.